The van der Waals surface area contributed by atoms with Crippen molar-refractivity contribution in [1.29, 1.82) is 0 Å². The summed E-state index contributed by atoms with van der Waals surface area (Å²) in [5, 5.41) is 23.3. The third kappa shape index (κ3) is 8.39. The number of amides is 2. The SMILES string of the molecule is O=C(Cc1cccc(OC(F)(F)F)c1)Nc1ccc(C2=CCC(Cc3nnc(NC(=O)Cc4ccccn4)s3)C2)nn1. The Hall–Kier alpha value is -4.72. The molecule has 1 atom stereocenters. The lowest BCUT2D eigenvalue weighted by atomic mass is 10.0. The Kier molecular flexibility index (Phi) is 8.81. The summed E-state index contributed by atoms with van der Waals surface area (Å²) in [5.41, 5.74) is 2.75. The second-order valence-corrected chi connectivity index (χ2v) is 10.6. The molecule has 1 aliphatic rings. The van der Waals surface area contributed by atoms with Crippen LogP contribution in [-0.4, -0.2) is 43.6 Å². The number of anilines is 2. The molecular weight excluding hydrogens is 571 g/mol. The maximum Gasteiger partial charge on any atom is 0.573 e. The molecule has 5 rings (SSSR count). The summed E-state index contributed by atoms with van der Waals surface area (Å²) in [7, 11) is 0. The van der Waals surface area contributed by atoms with Gasteiger partial charge in [0.15, 0.2) is 5.82 Å². The van der Waals surface area contributed by atoms with Crippen molar-refractivity contribution in [1.82, 2.24) is 25.4 Å². The van der Waals surface area contributed by atoms with E-state index in [2.05, 4.69) is 46.8 Å². The molecule has 42 heavy (non-hydrogen) atoms. The number of aromatic nitrogens is 5. The van der Waals surface area contributed by atoms with Crippen LogP contribution in [-0.2, 0) is 28.9 Å². The Morgan fingerprint density at radius 3 is 2.57 bits per heavy atom. The van der Waals surface area contributed by atoms with Crippen LogP contribution in [0.5, 0.6) is 5.75 Å². The van der Waals surface area contributed by atoms with Gasteiger partial charge in [-0.05, 0) is 66.3 Å². The van der Waals surface area contributed by atoms with E-state index < -0.39 is 18.0 Å². The third-order valence-electron chi connectivity index (χ3n) is 6.21. The molecule has 3 aromatic heterocycles. The van der Waals surface area contributed by atoms with E-state index in [4.69, 9.17) is 0 Å². The van der Waals surface area contributed by atoms with Crippen LogP contribution in [0.1, 0.15) is 34.8 Å². The van der Waals surface area contributed by atoms with Gasteiger partial charge in [0.25, 0.3) is 0 Å². The average Bonchev–Trinajstić information content (AvgIpc) is 3.58. The normalized spacial score (nSPS) is 14.7. The molecule has 1 aliphatic carbocycles. The standard InChI is InChI=1S/C28H24F3N7O3S/c29-28(30,31)41-21-6-3-4-17(13-21)14-24(39)33-23-10-9-22(35-36-23)19-8-7-18(12-19)15-26-37-38-27(42-26)34-25(40)16-20-5-1-2-11-32-20/h1-6,8-11,13,18H,7,12,14-16H2,(H,33,36,39)(H,34,38,40). The van der Waals surface area contributed by atoms with Gasteiger partial charge in [0.05, 0.1) is 18.5 Å². The van der Waals surface area contributed by atoms with E-state index >= 15 is 0 Å². The molecule has 0 aliphatic heterocycles. The van der Waals surface area contributed by atoms with Crippen LogP contribution in [0.25, 0.3) is 5.57 Å². The van der Waals surface area contributed by atoms with Gasteiger partial charge in [0.2, 0.25) is 16.9 Å². The number of hydrogen-bond donors (Lipinski definition) is 2. The maximum atomic E-state index is 12.4. The first-order valence-electron chi connectivity index (χ1n) is 12.9. The average molecular weight is 596 g/mol. The van der Waals surface area contributed by atoms with Crippen molar-refractivity contribution in [3.63, 3.8) is 0 Å². The van der Waals surface area contributed by atoms with Gasteiger partial charge < -0.3 is 15.4 Å². The summed E-state index contributed by atoms with van der Waals surface area (Å²) < 4.78 is 41.2. The molecule has 2 amide bonds. The van der Waals surface area contributed by atoms with Crippen molar-refractivity contribution in [2.75, 3.05) is 10.6 Å². The number of halogens is 3. The van der Waals surface area contributed by atoms with Crippen LogP contribution in [0.2, 0.25) is 0 Å². The Morgan fingerprint density at radius 2 is 1.81 bits per heavy atom. The molecule has 216 valence electrons. The first-order valence-corrected chi connectivity index (χ1v) is 13.7. The molecule has 2 N–H and O–H groups in total. The summed E-state index contributed by atoms with van der Waals surface area (Å²) in [6.45, 7) is 0. The number of carbonyl (C=O) groups excluding carboxylic acids is 2. The summed E-state index contributed by atoms with van der Waals surface area (Å²) in [6, 6.07) is 14.0. The number of rotatable bonds is 10. The number of benzene rings is 1. The van der Waals surface area contributed by atoms with Crippen LogP contribution in [0.4, 0.5) is 24.1 Å². The first-order chi connectivity index (χ1) is 20.2. The second kappa shape index (κ2) is 12.9. The van der Waals surface area contributed by atoms with Crippen LogP contribution in [0, 0.1) is 5.92 Å². The van der Waals surface area contributed by atoms with Gasteiger partial charge in [-0.15, -0.1) is 33.6 Å². The third-order valence-corrected chi connectivity index (χ3v) is 7.07. The number of allylic oxidation sites excluding steroid dienone is 2. The number of nitrogens with zero attached hydrogens (tertiary/aromatic N) is 5. The molecular formula is C28H24F3N7O3S. The molecule has 0 fully saturated rings. The molecule has 0 bridgehead atoms. The Morgan fingerprint density at radius 1 is 0.952 bits per heavy atom. The highest BCUT2D eigenvalue weighted by Gasteiger charge is 2.31. The highest BCUT2D eigenvalue weighted by atomic mass is 32.1. The lowest BCUT2D eigenvalue weighted by Crippen LogP contribution is -2.18. The minimum absolute atomic E-state index is 0.157. The molecule has 0 spiro atoms. The number of pyridine rings is 1. The zero-order valence-electron chi connectivity index (χ0n) is 22.0. The zero-order chi connectivity index (χ0) is 29.5. The first kappa shape index (κ1) is 28.8. The van der Waals surface area contributed by atoms with E-state index in [9.17, 15) is 22.8 Å². The molecule has 0 saturated heterocycles. The van der Waals surface area contributed by atoms with Crippen molar-refractivity contribution in [3.8, 4) is 5.75 Å². The highest BCUT2D eigenvalue weighted by Crippen LogP contribution is 2.34. The van der Waals surface area contributed by atoms with Crippen molar-refractivity contribution in [2.45, 2.75) is 38.5 Å². The summed E-state index contributed by atoms with van der Waals surface area (Å²) in [6.07, 6.45) is 1.21. The van der Waals surface area contributed by atoms with E-state index in [1.165, 1.54) is 23.5 Å². The molecule has 1 aromatic carbocycles. The lowest BCUT2D eigenvalue weighted by Gasteiger charge is -2.10. The van der Waals surface area contributed by atoms with Gasteiger partial charge >= 0.3 is 6.36 Å². The van der Waals surface area contributed by atoms with E-state index in [1.54, 1.807) is 30.5 Å². The van der Waals surface area contributed by atoms with Crippen molar-refractivity contribution in [2.24, 2.45) is 5.92 Å². The number of nitrogens with one attached hydrogen (secondary N) is 2. The topological polar surface area (TPSA) is 132 Å². The predicted octanol–water partition coefficient (Wildman–Crippen LogP) is 5.02. The van der Waals surface area contributed by atoms with Gasteiger partial charge in [-0.3, -0.25) is 14.6 Å². The summed E-state index contributed by atoms with van der Waals surface area (Å²) in [4.78, 5) is 28.8. The smallest absolute Gasteiger partial charge is 0.406 e. The maximum absolute atomic E-state index is 12.4. The van der Waals surface area contributed by atoms with Gasteiger partial charge in [0.1, 0.15) is 10.8 Å². The van der Waals surface area contributed by atoms with E-state index in [-0.39, 0.29) is 24.6 Å². The van der Waals surface area contributed by atoms with Crippen molar-refractivity contribution in [3.05, 3.63) is 88.8 Å². The summed E-state index contributed by atoms with van der Waals surface area (Å²) in [5.74, 6) is -0.527. The van der Waals surface area contributed by atoms with E-state index in [0.29, 0.717) is 34.4 Å². The molecule has 0 saturated carbocycles. The molecule has 0 radical (unpaired) electrons. The van der Waals surface area contributed by atoms with Gasteiger partial charge in [-0.25, -0.2) is 0 Å². The van der Waals surface area contributed by atoms with Gasteiger partial charge in [-0.2, -0.15) is 0 Å². The number of carbonyl (C=O) groups is 2. The van der Waals surface area contributed by atoms with Gasteiger partial charge in [-0.1, -0.05) is 35.6 Å². The monoisotopic (exact) mass is 595 g/mol. The van der Waals surface area contributed by atoms with Crippen LogP contribution in [0.15, 0.2) is 66.9 Å². The van der Waals surface area contributed by atoms with E-state index in [1.807, 2.05) is 6.07 Å². The minimum Gasteiger partial charge on any atom is -0.406 e. The Labute approximate surface area is 242 Å². The Balaban J connectivity index is 1.08. The fourth-order valence-corrected chi connectivity index (χ4v) is 5.28. The highest BCUT2D eigenvalue weighted by molar-refractivity contribution is 7.15. The molecule has 4 aromatic rings. The van der Waals surface area contributed by atoms with Gasteiger partial charge in [0, 0.05) is 18.3 Å². The Bertz CT molecular complexity index is 1580. The molecule has 10 nitrogen and oxygen atoms in total. The molecule has 1 unspecified atom stereocenters. The number of hydrogen-bond acceptors (Lipinski definition) is 9. The van der Waals surface area contributed by atoms with Crippen LogP contribution in [0.3, 0.4) is 0 Å². The quantitative estimate of drug-likeness (QED) is 0.261. The fraction of sp³-hybridized carbons (Fsp3) is 0.250. The van der Waals surface area contributed by atoms with Crippen LogP contribution >= 0.6 is 11.3 Å². The van der Waals surface area contributed by atoms with E-state index in [0.717, 1.165) is 35.6 Å². The second-order valence-electron chi connectivity index (χ2n) is 9.51. The van der Waals surface area contributed by atoms with Crippen LogP contribution < -0.4 is 15.4 Å². The summed E-state index contributed by atoms with van der Waals surface area (Å²) >= 11 is 1.34. The number of ether oxygens (including phenoxy) is 1. The van der Waals surface area contributed by atoms with Crippen molar-refractivity contribution < 1.29 is 27.5 Å². The predicted molar refractivity (Wildman–Crippen MR) is 148 cm³/mol. The number of alkyl halides is 3. The molecule has 3 heterocycles. The fourth-order valence-electron chi connectivity index (χ4n) is 4.41. The minimum atomic E-state index is -4.81. The zero-order valence-corrected chi connectivity index (χ0v) is 22.8. The van der Waals surface area contributed by atoms with Crippen molar-refractivity contribution >= 4 is 39.7 Å². The molecule has 14 heteroatoms. The lowest BCUT2D eigenvalue weighted by molar-refractivity contribution is -0.274. The largest absolute Gasteiger partial charge is 0.573 e.